The highest BCUT2D eigenvalue weighted by molar-refractivity contribution is 5.89. The number of anilines is 2. The van der Waals surface area contributed by atoms with E-state index in [9.17, 15) is 4.79 Å². The molecule has 0 saturated carbocycles. The Balaban J connectivity index is 1.74. The summed E-state index contributed by atoms with van der Waals surface area (Å²) < 4.78 is 0. The average Bonchev–Trinajstić information content (AvgIpc) is 2.50. The summed E-state index contributed by atoms with van der Waals surface area (Å²) in [7, 11) is 0. The second-order valence-corrected chi connectivity index (χ2v) is 5.30. The lowest BCUT2D eigenvalue weighted by atomic mass is 9.97. The van der Waals surface area contributed by atoms with Gasteiger partial charge >= 0.3 is 0 Å². The number of rotatable bonds is 7. The lowest BCUT2D eigenvalue weighted by Gasteiger charge is -2.13. The van der Waals surface area contributed by atoms with Crippen LogP contribution in [0.3, 0.4) is 0 Å². The summed E-state index contributed by atoms with van der Waals surface area (Å²) in [5.74, 6) is 0.462. The van der Waals surface area contributed by atoms with Gasteiger partial charge in [0.2, 0.25) is 5.91 Å². The van der Waals surface area contributed by atoms with Gasteiger partial charge in [0.25, 0.3) is 0 Å². The molecule has 1 aromatic rings. The molecule has 1 aliphatic rings. The molecule has 5 nitrogen and oxygen atoms in total. The van der Waals surface area contributed by atoms with Crippen molar-refractivity contribution < 1.29 is 4.79 Å². The highest BCUT2D eigenvalue weighted by Gasteiger charge is 2.04. The van der Waals surface area contributed by atoms with Gasteiger partial charge in [-0.2, -0.15) is 0 Å². The van der Waals surface area contributed by atoms with Crippen molar-refractivity contribution in [3.63, 3.8) is 0 Å². The van der Waals surface area contributed by atoms with Crippen molar-refractivity contribution in [2.24, 2.45) is 5.73 Å². The molecule has 0 aromatic carbocycles. The van der Waals surface area contributed by atoms with Crippen LogP contribution in [-0.2, 0) is 4.79 Å². The van der Waals surface area contributed by atoms with Crippen LogP contribution in [0.5, 0.6) is 0 Å². The van der Waals surface area contributed by atoms with Gasteiger partial charge in [0.15, 0.2) is 0 Å². The van der Waals surface area contributed by atoms with E-state index in [2.05, 4.69) is 21.7 Å². The zero-order chi connectivity index (χ0) is 14.9. The minimum atomic E-state index is -0.102. The number of nitrogens with two attached hydrogens (primary N) is 1. The van der Waals surface area contributed by atoms with Crippen molar-refractivity contribution in [2.45, 2.75) is 38.5 Å². The maximum Gasteiger partial charge on any atom is 0.226 e. The fraction of sp³-hybridized carbons (Fsp3) is 0.500. The minimum Gasteiger partial charge on any atom is -0.383 e. The highest BCUT2D eigenvalue weighted by atomic mass is 16.1. The van der Waals surface area contributed by atoms with Crippen molar-refractivity contribution in [1.29, 1.82) is 0 Å². The molecule has 0 aliphatic heterocycles. The molecule has 4 N–H and O–H groups in total. The number of nitrogens with one attached hydrogen (secondary N) is 2. The van der Waals surface area contributed by atoms with E-state index in [1.807, 2.05) is 6.07 Å². The third kappa shape index (κ3) is 5.55. The van der Waals surface area contributed by atoms with Crippen LogP contribution >= 0.6 is 0 Å². The van der Waals surface area contributed by atoms with Crippen LogP contribution in [0.1, 0.15) is 38.5 Å². The molecule has 0 saturated heterocycles. The van der Waals surface area contributed by atoms with Crippen molar-refractivity contribution in [1.82, 2.24) is 4.98 Å². The Bertz CT molecular complexity index is 482. The number of pyridine rings is 1. The summed E-state index contributed by atoms with van der Waals surface area (Å²) in [6, 6.07) is 3.73. The van der Waals surface area contributed by atoms with E-state index in [1.165, 1.54) is 25.7 Å². The van der Waals surface area contributed by atoms with E-state index in [-0.39, 0.29) is 5.91 Å². The first-order valence-corrected chi connectivity index (χ1v) is 7.65. The number of allylic oxidation sites excluding steroid dienone is 1. The Kier molecular flexibility index (Phi) is 6.22. The van der Waals surface area contributed by atoms with Crippen molar-refractivity contribution in [3.05, 3.63) is 30.0 Å². The van der Waals surface area contributed by atoms with Gasteiger partial charge in [-0.1, -0.05) is 11.6 Å². The Morgan fingerprint density at radius 3 is 2.90 bits per heavy atom. The number of nitrogens with zero attached hydrogens (tertiary/aromatic N) is 1. The molecule has 1 heterocycles. The summed E-state index contributed by atoms with van der Waals surface area (Å²) in [4.78, 5) is 15.6. The maximum absolute atomic E-state index is 11.4. The molecule has 5 heteroatoms. The Hall–Kier alpha value is -1.88. The first-order valence-electron chi connectivity index (χ1n) is 7.65. The molecule has 0 fully saturated rings. The first-order chi connectivity index (χ1) is 10.3. The Labute approximate surface area is 126 Å². The molecule has 114 valence electrons. The van der Waals surface area contributed by atoms with Gasteiger partial charge in [-0.3, -0.25) is 4.79 Å². The van der Waals surface area contributed by atoms with E-state index in [1.54, 1.807) is 17.8 Å². The lowest BCUT2D eigenvalue weighted by molar-refractivity contribution is -0.116. The van der Waals surface area contributed by atoms with E-state index in [0.717, 1.165) is 18.7 Å². The van der Waals surface area contributed by atoms with Crippen molar-refractivity contribution in [3.8, 4) is 0 Å². The van der Waals surface area contributed by atoms with E-state index in [0.29, 0.717) is 18.8 Å². The molecule has 2 rings (SSSR count). The molecule has 21 heavy (non-hydrogen) atoms. The molecular weight excluding hydrogens is 264 g/mol. The van der Waals surface area contributed by atoms with E-state index >= 15 is 0 Å². The summed E-state index contributed by atoms with van der Waals surface area (Å²) in [6.07, 6.45) is 10.7. The Morgan fingerprint density at radius 1 is 1.33 bits per heavy atom. The molecular formula is C16H24N4O. The molecule has 0 unspecified atom stereocenters. The fourth-order valence-corrected chi connectivity index (χ4v) is 2.41. The number of aromatic nitrogens is 1. The van der Waals surface area contributed by atoms with Crippen LogP contribution in [0.25, 0.3) is 0 Å². The van der Waals surface area contributed by atoms with Crippen LogP contribution in [0.15, 0.2) is 30.0 Å². The van der Waals surface area contributed by atoms with Gasteiger partial charge in [0.05, 0.1) is 11.9 Å². The summed E-state index contributed by atoms with van der Waals surface area (Å²) in [6.45, 7) is 1.27. The summed E-state index contributed by atoms with van der Waals surface area (Å²) >= 11 is 0. The molecule has 0 radical (unpaired) electrons. The molecule has 1 amide bonds. The normalized spacial score (nSPS) is 14.4. The average molecular weight is 288 g/mol. The highest BCUT2D eigenvalue weighted by Crippen LogP contribution is 2.20. The fourth-order valence-electron chi connectivity index (χ4n) is 2.41. The predicted molar refractivity (Wildman–Crippen MR) is 86.2 cm³/mol. The second kappa shape index (κ2) is 8.42. The smallest absolute Gasteiger partial charge is 0.226 e. The zero-order valence-corrected chi connectivity index (χ0v) is 12.4. The summed E-state index contributed by atoms with van der Waals surface area (Å²) in [5.41, 5.74) is 7.87. The largest absolute Gasteiger partial charge is 0.383 e. The van der Waals surface area contributed by atoms with Crippen molar-refractivity contribution in [2.75, 3.05) is 23.7 Å². The van der Waals surface area contributed by atoms with Gasteiger partial charge in [-0.15, -0.1) is 0 Å². The number of carbonyl (C=O) groups is 1. The third-order valence-corrected chi connectivity index (χ3v) is 3.56. The second-order valence-electron chi connectivity index (χ2n) is 5.30. The SMILES string of the molecule is NCCC(=O)Nc1ccc(NCCC2=CCCCC2)cn1. The molecule has 1 aromatic heterocycles. The lowest BCUT2D eigenvalue weighted by Crippen LogP contribution is -2.16. The molecule has 0 atom stereocenters. The van der Waals surface area contributed by atoms with Gasteiger partial charge in [0, 0.05) is 19.5 Å². The van der Waals surface area contributed by atoms with Gasteiger partial charge < -0.3 is 16.4 Å². The predicted octanol–water partition coefficient (Wildman–Crippen LogP) is 2.67. The zero-order valence-electron chi connectivity index (χ0n) is 12.4. The van der Waals surface area contributed by atoms with Crippen LogP contribution in [0.2, 0.25) is 0 Å². The number of carbonyl (C=O) groups excluding carboxylic acids is 1. The summed E-state index contributed by atoms with van der Waals surface area (Å²) in [5, 5.41) is 6.07. The van der Waals surface area contributed by atoms with Crippen LogP contribution in [0, 0.1) is 0 Å². The number of amides is 1. The molecule has 1 aliphatic carbocycles. The molecule has 0 spiro atoms. The first kappa shape index (κ1) is 15.5. The van der Waals surface area contributed by atoms with Gasteiger partial charge in [0.1, 0.15) is 5.82 Å². The van der Waals surface area contributed by atoms with Crippen molar-refractivity contribution >= 4 is 17.4 Å². The van der Waals surface area contributed by atoms with Crippen LogP contribution in [0.4, 0.5) is 11.5 Å². The molecule has 0 bridgehead atoms. The monoisotopic (exact) mass is 288 g/mol. The van der Waals surface area contributed by atoms with Crippen LogP contribution < -0.4 is 16.4 Å². The van der Waals surface area contributed by atoms with E-state index in [4.69, 9.17) is 5.73 Å². The number of hydrogen-bond donors (Lipinski definition) is 3. The van der Waals surface area contributed by atoms with Gasteiger partial charge in [-0.05, 0) is 44.2 Å². The number of hydrogen-bond acceptors (Lipinski definition) is 4. The quantitative estimate of drug-likeness (QED) is 0.674. The Morgan fingerprint density at radius 2 is 2.24 bits per heavy atom. The standard InChI is InChI=1S/C16H24N4O/c17-10-8-16(21)20-15-7-6-14(12-19-15)18-11-9-13-4-2-1-3-5-13/h4,6-7,12,18H,1-3,5,8-11,17H2,(H,19,20,21). The maximum atomic E-state index is 11.4. The van der Waals surface area contributed by atoms with Crippen LogP contribution in [-0.4, -0.2) is 24.0 Å². The van der Waals surface area contributed by atoms with Gasteiger partial charge in [-0.25, -0.2) is 4.98 Å². The topological polar surface area (TPSA) is 80.0 Å². The van der Waals surface area contributed by atoms with E-state index < -0.39 is 0 Å². The minimum absolute atomic E-state index is 0.102. The third-order valence-electron chi connectivity index (χ3n) is 3.56.